The summed E-state index contributed by atoms with van der Waals surface area (Å²) < 4.78 is 18.6. The van der Waals surface area contributed by atoms with Crippen LogP contribution in [0.4, 0.5) is 4.39 Å². The highest BCUT2D eigenvalue weighted by Crippen LogP contribution is 2.28. The van der Waals surface area contributed by atoms with Gasteiger partial charge in [-0.25, -0.2) is 9.18 Å². The van der Waals surface area contributed by atoms with Gasteiger partial charge in [0.25, 0.3) is 5.56 Å². The van der Waals surface area contributed by atoms with E-state index in [2.05, 4.69) is 21.9 Å². The topological polar surface area (TPSA) is 111 Å². The number of nitrogens with one attached hydrogen (secondary N) is 1. The second-order valence-electron chi connectivity index (χ2n) is 7.33. The number of aryl methyl sites for hydroxylation is 1. The first-order valence-electron chi connectivity index (χ1n) is 9.75. The van der Waals surface area contributed by atoms with Gasteiger partial charge in [0, 0.05) is 18.3 Å². The van der Waals surface area contributed by atoms with E-state index in [1.54, 1.807) is 27.0 Å². The van der Waals surface area contributed by atoms with Crippen LogP contribution >= 0.6 is 11.6 Å². The third-order valence-corrected chi connectivity index (χ3v) is 5.55. The number of aromatic nitrogens is 6. The molecule has 0 amide bonds. The Kier molecular flexibility index (Phi) is 5.35. The van der Waals surface area contributed by atoms with E-state index in [-0.39, 0.29) is 28.6 Å². The molecule has 0 bridgehead atoms. The van der Waals surface area contributed by atoms with Gasteiger partial charge in [-0.05, 0) is 43.9 Å². The first kappa shape index (κ1) is 21.7. The SMILES string of the molecule is C=C(C)c1cn(-c2c(C)n[nH]c2Cl)c(=O)c2cc(F)c(-n3nc(CO)n(CC)c3=O)cc12. The van der Waals surface area contributed by atoms with Crippen LogP contribution in [0.25, 0.3) is 27.7 Å². The van der Waals surface area contributed by atoms with Crippen molar-refractivity contribution in [2.75, 3.05) is 0 Å². The summed E-state index contributed by atoms with van der Waals surface area (Å²) >= 11 is 6.19. The summed E-state index contributed by atoms with van der Waals surface area (Å²) in [6.07, 6.45) is 1.56. The van der Waals surface area contributed by atoms with E-state index in [0.29, 0.717) is 27.9 Å². The molecule has 11 heteroatoms. The minimum absolute atomic E-state index is 0.0776. The molecule has 166 valence electrons. The molecule has 0 atom stereocenters. The maximum Gasteiger partial charge on any atom is 0.350 e. The number of allylic oxidation sites excluding steroid dienone is 1. The Morgan fingerprint density at radius 1 is 1.31 bits per heavy atom. The van der Waals surface area contributed by atoms with E-state index in [4.69, 9.17) is 11.6 Å². The van der Waals surface area contributed by atoms with Crippen LogP contribution in [0.5, 0.6) is 0 Å². The summed E-state index contributed by atoms with van der Waals surface area (Å²) in [6.45, 7) is 8.91. The van der Waals surface area contributed by atoms with Gasteiger partial charge in [-0.1, -0.05) is 18.2 Å². The van der Waals surface area contributed by atoms with Crippen LogP contribution in [0.3, 0.4) is 0 Å². The number of halogens is 2. The maximum absolute atomic E-state index is 15.2. The van der Waals surface area contributed by atoms with Crippen molar-refractivity contribution in [1.29, 1.82) is 0 Å². The predicted molar refractivity (Wildman–Crippen MR) is 119 cm³/mol. The van der Waals surface area contributed by atoms with Crippen LogP contribution in [-0.4, -0.2) is 34.2 Å². The summed E-state index contributed by atoms with van der Waals surface area (Å²) in [5.41, 5.74) is 0.779. The van der Waals surface area contributed by atoms with E-state index in [0.717, 1.165) is 10.7 Å². The van der Waals surface area contributed by atoms with Crippen LogP contribution in [0.2, 0.25) is 5.15 Å². The summed E-state index contributed by atoms with van der Waals surface area (Å²) in [5, 5.41) is 20.8. The molecule has 0 fully saturated rings. The Bertz CT molecular complexity index is 1490. The maximum atomic E-state index is 15.2. The van der Waals surface area contributed by atoms with Crippen LogP contribution in [0, 0.1) is 12.7 Å². The average molecular weight is 459 g/mol. The van der Waals surface area contributed by atoms with Crippen LogP contribution in [-0.2, 0) is 13.2 Å². The Hall–Kier alpha value is -3.50. The molecule has 0 saturated heterocycles. The Morgan fingerprint density at radius 3 is 2.56 bits per heavy atom. The number of aliphatic hydroxyl groups is 1. The monoisotopic (exact) mass is 458 g/mol. The molecule has 1 aromatic carbocycles. The quantitative estimate of drug-likeness (QED) is 0.477. The van der Waals surface area contributed by atoms with Crippen LogP contribution in [0.15, 0.2) is 34.5 Å². The van der Waals surface area contributed by atoms with Crippen molar-refractivity contribution in [3.05, 3.63) is 73.8 Å². The van der Waals surface area contributed by atoms with Crippen molar-refractivity contribution in [2.45, 2.75) is 33.9 Å². The highest BCUT2D eigenvalue weighted by atomic mass is 35.5. The molecule has 9 nitrogen and oxygen atoms in total. The van der Waals surface area contributed by atoms with Gasteiger partial charge in [-0.3, -0.25) is 19.0 Å². The number of H-pyrrole nitrogens is 1. The van der Waals surface area contributed by atoms with E-state index >= 15 is 4.39 Å². The van der Waals surface area contributed by atoms with E-state index in [9.17, 15) is 14.7 Å². The van der Waals surface area contributed by atoms with Gasteiger partial charge < -0.3 is 5.11 Å². The molecule has 0 aliphatic heterocycles. The fourth-order valence-electron chi connectivity index (χ4n) is 3.72. The average Bonchev–Trinajstić information content (AvgIpc) is 3.26. The van der Waals surface area contributed by atoms with Crippen LogP contribution in [0.1, 0.15) is 30.9 Å². The molecule has 0 aliphatic carbocycles. The molecular formula is C21H20ClFN6O3. The lowest BCUT2D eigenvalue weighted by atomic mass is 10.0. The van der Waals surface area contributed by atoms with Crippen molar-refractivity contribution < 1.29 is 9.50 Å². The van der Waals surface area contributed by atoms with Gasteiger partial charge in [0.15, 0.2) is 5.82 Å². The fraction of sp³-hybridized carbons (Fsp3) is 0.238. The Balaban J connectivity index is 2.08. The molecular weight excluding hydrogens is 439 g/mol. The zero-order valence-electron chi connectivity index (χ0n) is 17.6. The summed E-state index contributed by atoms with van der Waals surface area (Å²) in [4.78, 5) is 26.0. The second kappa shape index (κ2) is 7.88. The van der Waals surface area contributed by atoms with Crippen molar-refractivity contribution in [2.24, 2.45) is 0 Å². The lowest BCUT2D eigenvalue weighted by Gasteiger charge is -2.14. The van der Waals surface area contributed by atoms with Gasteiger partial charge in [-0.15, -0.1) is 5.10 Å². The van der Waals surface area contributed by atoms with Gasteiger partial charge in [-0.2, -0.15) is 9.78 Å². The molecule has 0 radical (unpaired) electrons. The zero-order chi connectivity index (χ0) is 23.3. The lowest BCUT2D eigenvalue weighted by molar-refractivity contribution is 0.264. The molecule has 0 aliphatic rings. The first-order valence-corrected chi connectivity index (χ1v) is 10.1. The van der Waals surface area contributed by atoms with Crippen molar-refractivity contribution in [3.63, 3.8) is 0 Å². The largest absolute Gasteiger partial charge is 0.388 e. The number of hydrogen-bond acceptors (Lipinski definition) is 5. The lowest BCUT2D eigenvalue weighted by Crippen LogP contribution is -2.25. The molecule has 3 aromatic heterocycles. The third kappa shape index (κ3) is 3.19. The van der Waals surface area contributed by atoms with Gasteiger partial charge in [0.2, 0.25) is 0 Å². The number of rotatable bonds is 5. The predicted octanol–water partition coefficient (Wildman–Crippen LogP) is 2.71. The smallest absolute Gasteiger partial charge is 0.350 e. The van der Waals surface area contributed by atoms with E-state index in [1.165, 1.54) is 15.2 Å². The minimum atomic E-state index is -0.817. The number of nitrogens with zero attached hydrogens (tertiary/aromatic N) is 5. The molecule has 0 saturated carbocycles. The highest BCUT2D eigenvalue weighted by molar-refractivity contribution is 6.31. The minimum Gasteiger partial charge on any atom is -0.388 e. The number of aromatic amines is 1. The first-order chi connectivity index (χ1) is 15.2. The fourth-order valence-corrected chi connectivity index (χ4v) is 3.99. The molecule has 4 aromatic rings. The molecule has 3 heterocycles. The Morgan fingerprint density at radius 2 is 2.03 bits per heavy atom. The van der Waals surface area contributed by atoms with Crippen molar-refractivity contribution >= 4 is 27.9 Å². The third-order valence-electron chi connectivity index (χ3n) is 5.28. The van der Waals surface area contributed by atoms with Gasteiger partial charge in [0.05, 0.1) is 11.1 Å². The molecule has 32 heavy (non-hydrogen) atoms. The van der Waals surface area contributed by atoms with Gasteiger partial charge in [0.1, 0.15) is 29.0 Å². The normalized spacial score (nSPS) is 11.4. The standard InChI is InChI=1S/C21H20ClFN6O3/c1-5-27-17(9-30)26-29(21(27)32)16-7-12-13(6-15(16)23)20(31)28(8-14(12)10(2)3)18-11(4)24-25-19(18)22/h6-8,30H,2,5,9H2,1,3-4H3,(H,24,25). The number of pyridine rings is 1. The van der Waals surface area contributed by atoms with Crippen molar-refractivity contribution in [1.82, 2.24) is 29.1 Å². The molecule has 0 unspecified atom stereocenters. The summed E-state index contributed by atoms with van der Waals surface area (Å²) in [6, 6.07) is 2.45. The summed E-state index contributed by atoms with van der Waals surface area (Å²) in [5.74, 6) is -0.708. The number of benzene rings is 1. The molecule has 4 rings (SSSR count). The zero-order valence-corrected chi connectivity index (χ0v) is 18.4. The van der Waals surface area contributed by atoms with E-state index < -0.39 is 23.7 Å². The number of hydrogen-bond donors (Lipinski definition) is 2. The van der Waals surface area contributed by atoms with E-state index in [1.807, 2.05) is 0 Å². The van der Waals surface area contributed by atoms with Crippen molar-refractivity contribution in [3.8, 4) is 11.4 Å². The Labute approximate surface area is 186 Å². The molecule has 0 spiro atoms. The van der Waals surface area contributed by atoms with Crippen LogP contribution < -0.4 is 11.2 Å². The summed E-state index contributed by atoms with van der Waals surface area (Å²) in [7, 11) is 0. The number of aliphatic hydroxyl groups excluding tert-OH is 1. The highest BCUT2D eigenvalue weighted by Gasteiger charge is 2.21. The second-order valence-corrected chi connectivity index (χ2v) is 7.71. The van der Waals surface area contributed by atoms with Gasteiger partial charge >= 0.3 is 5.69 Å². The number of fused-ring (bicyclic) bond motifs is 1. The molecule has 2 N–H and O–H groups in total.